The Bertz CT molecular complexity index is 522. The SMILES string of the molecule is O=C(N[C@@H]1CCCNC1)c1cc2ccccc2[nH]1. The van der Waals surface area contributed by atoms with Gasteiger partial charge in [-0.25, -0.2) is 0 Å². The van der Waals surface area contributed by atoms with Gasteiger partial charge in [-0.1, -0.05) is 18.2 Å². The number of benzene rings is 1. The highest BCUT2D eigenvalue weighted by Gasteiger charge is 2.17. The molecule has 94 valence electrons. The maximum Gasteiger partial charge on any atom is 0.267 e. The summed E-state index contributed by atoms with van der Waals surface area (Å²) in [6.45, 7) is 1.92. The van der Waals surface area contributed by atoms with Crippen molar-refractivity contribution >= 4 is 16.8 Å². The molecule has 1 aromatic carbocycles. The lowest BCUT2D eigenvalue weighted by Crippen LogP contribution is -2.45. The van der Waals surface area contributed by atoms with Crippen LogP contribution >= 0.6 is 0 Å². The molecule has 2 heterocycles. The van der Waals surface area contributed by atoms with Gasteiger partial charge in [0.2, 0.25) is 0 Å². The van der Waals surface area contributed by atoms with Gasteiger partial charge in [-0.2, -0.15) is 0 Å². The fourth-order valence-electron chi connectivity index (χ4n) is 2.43. The van der Waals surface area contributed by atoms with Gasteiger partial charge in [0.1, 0.15) is 5.69 Å². The third-order valence-electron chi connectivity index (χ3n) is 3.41. The molecule has 0 unspecified atom stereocenters. The molecule has 1 aliphatic rings. The highest BCUT2D eigenvalue weighted by Crippen LogP contribution is 2.14. The van der Waals surface area contributed by atoms with E-state index in [9.17, 15) is 4.79 Å². The summed E-state index contributed by atoms with van der Waals surface area (Å²) in [7, 11) is 0. The van der Waals surface area contributed by atoms with E-state index >= 15 is 0 Å². The number of para-hydroxylation sites is 1. The van der Waals surface area contributed by atoms with Crippen molar-refractivity contribution in [2.45, 2.75) is 18.9 Å². The summed E-state index contributed by atoms with van der Waals surface area (Å²) in [4.78, 5) is 15.3. The first-order valence-electron chi connectivity index (χ1n) is 6.42. The van der Waals surface area contributed by atoms with Crippen LogP contribution in [0.1, 0.15) is 23.3 Å². The first-order valence-corrected chi connectivity index (χ1v) is 6.42. The van der Waals surface area contributed by atoms with Crippen molar-refractivity contribution in [2.75, 3.05) is 13.1 Å². The van der Waals surface area contributed by atoms with E-state index in [0.717, 1.165) is 36.8 Å². The molecule has 4 heteroatoms. The summed E-state index contributed by atoms with van der Waals surface area (Å²) < 4.78 is 0. The number of carbonyl (C=O) groups excluding carboxylic acids is 1. The Kier molecular flexibility index (Phi) is 3.02. The first kappa shape index (κ1) is 11.3. The topological polar surface area (TPSA) is 56.9 Å². The predicted molar refractivity (Wildman–Crippen MR) is 71.7 cm³/mol. The minimum atomic E-state index is -0.0140. The molecule has 0 bridgehead atoms. The number of hydrogen-bond acceptors (Lipinski definition) is 2. The van der Waals surface area contributed by atoms with Crippen LogP contribution in [0.3, 0.4) is 0 Å². The Balaban J connectivity index is 1.74. The zero-order valence-corrected chi connectivity index (χ0v) is 10.2. The van der Waals surface area contributed by atoms with Crippen LogP contribution in [0, 0.1) is 0 Å². The third kappa shape index (κ3) is 2.24. The molecule has 3 rings (SSSR count). The summed E-state index contributed by atoms with van der Waals surface area (Å²) in [6.07, 6.45) is 2.18. The molecule has 1 atom stereocenters. The number of rotatable bonds is 2. The van der Waals surface area contributed by atoms with Gasteiger partial charge in [0.05, 0.1) is 0 Å². The van der Waals surface area contributed by atoms with Gasteiger partial charge in [-0.3, -0.25) is 4.79 Å². The van der Waals surface area contributed by atoms with Gasteiger partial charge in [-0.05, 0) is 31.5 Å². The molecule has 0 saturated carbocycles. The Morgan fingerprint density at radius 2 is 2.22 bits per heavy atom. The van der Waals surface area contributed by atoms with Crippen LogP contribution in [0.4, 0.5) is 0 Å². The summed E-state index contributed by atoms with van der Waals surface area (Å²) in [5.74, 6) is -0.0140. The van der Waals surface area contributed by atoms with Crippen molar-refractivity contribution in [1.82, 2.24) is 15.6 Å². The summed E-state index contributed by atoms with van der Waals surface area (Å²) >= 11 is 0. The second kappa shape index (κ2) is 4.82. The number of hydrogen-bond donors (Lipinski definition) is 3. The Morgan fingerprint density at radius 3 is 3.00 bits per heavy atom. The predicted octanol–water partition coefficient (Wildman–Crippen LogP) is 1.65. The monoisotopic (exact) mass is 243 g/mol. The average Bonchev–Trinajstić information content (AvgIpc) is 2.84. The third-order valence-corrected chi connectivity index (χ3v) is 3.41. The number of aromatic amines is 1. The van der Waals surface area contributed by atoms with E-state index in [1.807, 2.05) is 30.3 Å². The molecule has 2 aromatic rings. The fraction of sp³-hybridized carbons (Fsp3) is 0.357. The Morgan fingerprint density at radius 1 is 1.33 bits per heavy atom. The number of piperidine rings is 1. The largest absolute Gasteiger partial charge is 0.351 e. The quantitative estimate of drug-likeness (QED) is 0.751. The van der Waals surface area contributed by atoms with Crippen LogP contribution in [-0.4, -0.2) is 30.0 Å². The van der Waals surface area contributed by atoms with Crippen molar-refractivity contribution in [3.8, 4) is 0 Å². The van der Waals surface area contributed by atoms with Crippen LogP contribution < -0.4 is 10.6 Å². The second-order valence-corrected chi connectivity index (χ2v) is 4.79. The number of amides is 1. The van der Waals surface area contributed by atoms with Gasteiger partial charge in [0, 0.05) is 23.5 Å². The lowest BCUT2D eigenvalue weighted by molar-refractivity contribution is 0.0926. The smallest absolute Gasteiger partial charge is 0.267 e. The average molecular weight is 243 g/mol. The number of aromatic nitrogens is 1. The van der Waals surface area contributed by atoms with E-state index in [4.69, 9.17) is 0 Å². The van der Waals surface area contributed by atoms with Crippen molar-refractivity contribution in [3.63, 3.8) is 0 Å². The van der Waals surface area contributed by atoms with Gasteiger partial charge in [0.15, 0.2) is 0 Å². The van der Waals surface area contributed by atoms with E-state index in [0.29, 0.717) is 5.69 Å². The first-order chi connectivity index (χ1) is 8.83. The molecular weight excluding hydrogens is 226 g/mol. The van der Waals surface area contributed by atoms with Crippen molar-refractivity contribution < 1.29 is 4.79 Å². The van der Waals surface area contributed by atoms with Crippen LogP contribution in [-0.2, 0) is 0 Å². The van der Waals surface area contributed by atoms with E-state index < -0.39 is 0 Å². The molecule has 0 radical (unpaired) electrons. The van der Waals surface area contributed by atoms with Gasteiger partial charge < -0.3 is 15.6 Å². The van der Waals surface area contributed by atoms with Gasteiger partial charge >= 0.3 is 0 Å². The highest BCUT2D eigenvalue weighted by molar-refractivity contribution is 5.98. The molecule has 1 amide bonds. The van der Waals surface area contributed by atoms with Gasteiger partial charge in [-0.15, -0.1) is 0 Å². The van der Waals surface area contributed by atoms with Crippen molar-refractivity contribution in [3.05, 3.63) is 36.0 Å². The number of carbonyl (C=O) groups is 1. The van der Waals surface area contributed by atoms with E-state index in [1.165, 1.54) is 0 Å². The van der Waals surface area contributed by atoms with E-state index in [-0.39, 0.29) is 11.9 Å². The lowest BCUT2D eigenvalue weighted by atomic mass is 10.1. The molecule has 0 spiro atoms. The molecular formula is C14H17N3O. The Hall–Kier alpha value is -1.81. The highest BCUT2D eigenvalue weighted by atomic mass is 16.1. The van der Waals surface area contributed by atoms with Gasteiger partial charge in [0.25, 0.3) is 5.91 Å². The van der Waals surface area contributed by atoms with E-state index in [1.54, 1.807) is 0 Å². The molecule has 18 heavy (non-hydrogen) atoms. The van der Waals surface area contributed by atoms with E-state index in [2.05, 4.69) is 15.6 Å². The number of fused-ring (bicyclic) bond motifs is 1. The molecule has 1 aliphatic heterocycles. The molecule has 3 N–H and O–H groups in total. The second-order valence-electron chi connectivity index (χ2n) is 4.79. The van der Waals surface area contributed by atoms with Crippen LogP contribution in [0.15, 0.2) is 30.3 Å². The summed E-state index contributed by atoms with van der Waals surface area (Å²) in [6, 6.07) is 10.1. The number of nitrogens with one attached hydrogen (secondary N) is 3. The van der Waals surface area contributed by atoms with Crippen LogP contribution in [0.5, 0.6) is 0 Å². The zero-order valence-electron chi connectivity index (χ0n) is 10.2. The molecule has 1 aromatic heterocycles. The molecule has 1 fully saturated rings. The minimum Gasteiger partial charge on any atom is -0.351 e. The number of H-pyrrole nitrogens is 1. The summed E-state index contributed by atoms with van der Waals surface area (Å²) in [5.41, 5.74) is 1.64. The lowest BCUT2D eigenvalue weighted by Gasteiger charge is -2.23. The minimum absolute atomic E-state index is 0.0140. The Labute approximate surface area is 106 Å². The maximum absolute atomic E-state index is 12.1. The standard InChI is InChI=1S/C14H17N3O/c18-14(16-11-5-3-7-15-9-11)13-8-10-4-1-2-6-12(10)17-13/h1-2,4,6,8,11,15,17H,3,5,7,9H2,(H,16,18)/t11-/m1/s1. The fourth-order valence-corrected chi connectivity index (χ4v) is 2.43. The molecule has 4 nitrogen and oxygen atoms in total. The zero-order chi connectivity index (χ0) is 12.4. The normalized spacial score (nSPS) is 19.9. The van der Waals surface area contributed by atoms with Crippen molar-refractivity contribution in [1.29, 1.82) is 0 Å². The maximum atomic E-state index is 12.1. The van der Waals surface area contributed by atoms with Crippen LogP contribution in [0.2, 0.25) is 0 Å². The van der Waals surface area contributed by atoms with Crippen molar-refractivity contribution in [2.24, 2.45) is 0 Å². The molecule has 1 saturated heterocycles. The van der Waals surface area contributed by atoms with Crippen LogP contribution in [0.25, 0.3) is 10.9 Å². The summed E-state index contributed by atoms with van der Waals surface area (Å²) in [5, 5.41) is 7.43. The molecule has 0 aliphatic carbocycles.